The summed E-state index contributed by atoms with van der Waals surface area (Å²) in [5.41, 5.74) is 5.23. The standard InChI is InChI=1S/C19H19FN2O2/c1-11-7-12(2)21-15(11)9-17-19(24-4)10-16(22-17)13-5-6-18(23-3)14(20)8-13/h5-10,21H,1-4H3/b17-9+. The van der Waals surface area contributed by atoms with E-state index in [2.05, 4.69) is 16.0 Å². The lowest BCUT2D eigenvalue weighted by atomic mass is 10.1. The summed E-state index contributed by atoms with van der Waals surface area (Å²) in [6.45, 7) is 4.04. The highest BCUT2D eigenvalue weighted by molar-refractivity contribution is 6.12. The van der Waals surface area contributed by atoms with E-state index in [-0.39, 0.29) is 5.75 Å². The lowest BCUT2D eigenvalue weighted by Gasteiger charge is -2.03. The van der Waals surface area contributed by atoms with E-state index in [1.807, 2.05) is 19.9 Å². The Bertz CT molecular complexity index is 875. The molecule has 4 nitrogen and oxygen atoms in total. The summed E-state index contributed by atoms with van der Waals surface area (Å²) < 4.78 is 24.3. The molecule has 0 spiro atoms. The van der Waals surface area contributed by atoms with Crippen LogP contribution in [0.15, 0.2) is 46.8 Å². The van der Waals surface area contributed by atoms with Gasteiger partial charge in [0, 0.05) is 23.0 Å². The predicted octanol–water partition coefficient (Wildman–Crippen LogP) is 4.15. The first kappa shape index (κ1) is 16.1. The number of benzene rings is 1. The molecule has 0 saturated carbocycles. The first-order valence-electron chi connectivity index (χ1n) is 7.58. The minimum absolute atomic E-state index is 0.210. The minimum Gasteiger partial charge on any atom is -0.494 e. The molecule has 1 N–H and O–H groups in total. The van der Waals surface area contributed by atoms with Gasteiger partial charge < -0.3 is 14.5 Å². The van der Waals surface area contributed by atoms with Gasteiger partial charge in [-0.2, -0.15) is 0 Å². The molecule has 124 valence electrons. The number of ether oxygens (including phenoxy) is 2. The van der Waals surface area contributed by atoms with Gasteiger partial charge in [0.05, 0.1) is 19.9 Å². The van der Waals surface area contributed by atoms with Gasteiger partial charge in [-0.05, 0) is 49.8 Å². The van der Waals surface area contributed by atoms with Gasteiger partial charge in [-0.15, -0.1) is 0 Å². The Morgan fingerprint density at radius 2 is 1.92 bits per heavy atom. The molecule has 3 rings (SSSR count). The third-order valence-electron chi connectivity index (χ3n) is 3.90. The number of rotatable bonds is 4. The number of H-pyrrole nitrogens is 1. The summed E-state index contributed by atoms with van der Waals surface area (Å²) in [6.07, 6.45) is 3.74. The minimum atomic E-state index is -0.418. The van der Waals surface area contributed by atoms with Gasteiger partial charge in [0.1, 0.15) is 11.5 Å². The normalized spacial score (nSPS) is 15.5. The van der Waals surface area contributed by atoms with E-state index in [4.69, 9.17) is 9.47 Å². The Balaban J connectivity index is 2.00. The van der Waals surface area contributed by atoms with Crippen molar-refractivity contribution in [3.8, 4) is 5.75 Å². The largest absolute Gasteiger partial charge is 0.494 e. The topological polar surface area (TPSA) is 46.6 Å². The molecule has 1 aromatic carbocycles. The summed E-state index contributed by atoms with van der Waals surface area (Å²) in [6, 6.07) is 6.85. The molecule has 1 aliphatic rings. The molecule has 0 bridgehead atoms. The monoisotopic (exact) mass is 326 g/mol. The third kappa shape index (κ3) is 2.97. The van der Waals surface area contributed by atoms with E-state index in [0.29, 0.717) is 22.7 Å². The number of nitrogens with one attached hydrogen (secondary N) is 1. The Hall–Kier alpha value is -2.82. The molecule has 1 aliphatic heterocycles. The molecule has 24 heavy (non-hydrogen) atoms. The second-order valence-corrected chi connectivity index (χ2v) is 5.64. The van der Waals surface area contributed by atoms with Crippen LogP contribution in [0.5, 0.6) is 5.75 Å². The number of allylic oxidation sites excluding steroid dienone is 1. The fraction of sp³-hybridized carbons (Fsp3) is 0.211. The molecule has 0 unspecified atom stereocenters. The van der Waals surface area contributed by atoms with Crippen LogP contribution in [0.3, 0.4) is 0 Å². The number of aromatic amines is 1. The van der Waals surface area contributed by atoms with Crippen LogP contribution in [-0.2, 0) is 4.74 Å². The third-order valence-corrected chi connectivity index (χ3v) is 3.90. The van der Waals surface area contributed by atoms with E-state index in [9.17, 15) is 4.39 Å². The average molecular weight is 326 g/mol. The van der Waals surface area contributed by atoms with E-state index in [1.54, 1.807) is 25.3 Å². The summed E-state index contributed by atoms with van der Waals surface area (Å²) >= 11 is 0. The van der Waals surface area contributed by atoms with E-state index in [1.165, 1.54) is 13.2 Å². The van der Waals surface area contributed by atoms with Gasteiger partial charge in [-0.3, -0.25) is 0 Å². The first-order valence-corrected chi connectivity index (χ1v) is 7.58. The summed E-state index contributed by atoms with van der Waals surface area (Å²) in [5.74, 6) is 0.438. The number of hydrogen-bond donors (Lipinski definition) is 1. The predicted molar refractivity (Wildman–Crippen MR) is 92.8 cm³/mol. The van der Waals surface area contributed by atoms with Gasteiger partial charge in [-0.1, -0.05) is 0 Å². The zero-order chi connectivity index (χ0) is 17.3. The van der Waals surface area contributed by atoms with Crippen molar-refractivity contribution < 1.29 is 13.9 Å². The highest BCUT2D eigenvalue weighted by Gasteiger charge is 2.18. The van der Waals surface area contributed by atoms with Crippen LogP contribution in [-0.4, -0.2) is 24.9 Å². The van der Waals surface area contributed by atoms with Crippen LogP contribution in [0.2, 0.25) is 0 Å². The van der Waals surface area contributed by atoms with Crippen molar-refractivity contribution in [2.75, 3.05) is 14.2 Å². The van der Waals surface area contributed by atoms with Gasteiger partial charge in [0.25, 0.3) is 0 Å². The molecule has 2 heterocycles. The Morgan fingerprint density at radius 3 is 2.50 bits per heavy atom. The molecule has 0 fully saturated rings. The average Bonchev–Trinajstić information content (AvgIpc) is 3.10. The van der Waals surface area contributed by atoms with Gasteiger partial charge in [-0.25, -0.2) is 9.38 Å². The second kappa shape index (κ2) is 6.35. The smallest absolute Gasteiger partial charge is 0.165 e. The number of methoxy groups -OCH3 is 2. The summed E-state index contributed by atoms with van der Waals surface area (Å²) in [7, 11) is 3.04. The molecule has 5 heteroatoms. The van der Waals surface area contributed by atoms with E-state index >= 15 is 0 Å². The maximum absolute atomic E-state index is 13.9. The fourth-order valence-corrected chi connectivity index (χ4v) is 2.69. The zero-order valence-corrected chi connectivity index (χ0v) is 14.1. The van der Waals surface area contributed by atoms with Crippen LogP contribution in [0, 0.1) is 19.7 Å². The Kier molecular flexibility index (Phi) is 4.25. The lowest BCUT2D eigenvalue weighted by Crippen LogP contribution is -1.97. The van der Waals surface area contributed by atoms with Crippen LogP contribution >= 0.6 is 0 Å². The second-order valence-electron chi connectivity index (χ2n) is 5.64. The lowest BCUT2D eigenvalue weighted by molar-refractivity contribution is 0.303. The molecule has 0 saturated heterocycles. The molecular weight excluding hydrogens is 307 g/mol. The van der Waals surface area contributed by atoms with Crippen molar-refractivity contribution >= 4 is 11.8 Å². The summed E-state index contributed by atoms with van der Waals surface area (Å²) in [5, 5.41) is 0. The maximum Gasteiger partial charge on any atom is 0.165 e. The zero-order valence-electron chi connectivity index (χ0n) is 14.1. The maximum atomic E-state index is 13.9. The molecule has 0 radical (unpaired) electrons. The quantitative estimate of drug-likeness (QED) is 0.917. The van der Waals surface area contributed by atoms with Crippen LogP contribution in [0.1, 0.15) is 22.5 Å². The number of nitrogens with zero attached hydrogens (tertiary/aromatic N) is 1. The SMILES string of the molecule is COC1=CC(c2ccc(OC)c(F)c2)=N/C1=C/c1[nH]c(C)cc1C. The summed E-state index contributed by atoms with van der Waals surface area (Å²) in [4.78, 5) is 7.88. The number of aliphatic imine (C=N–C) groups is 1. The Labute approximate surface area is 140 Å². The Morgan fingerprint density at radius 1 is 1.12 bits per heavy atom. The number of aromatic nitrogens is 1. The van der Waals surface area contributed by atoms with Crippen molar-refractivity contribution in [3.63, 3.8) is 0 Å². The van der Waals surface area contributed by atoms with Crippen LogP contribution in [0.4, 0.5) is 4.39 Å². The van der Waals surface area contributed by atoms with Crippen LogP contribution in [0.25, 0.3) is 6.08 Å². The first-order chi connectivity index (χ1) is 11.5. The van der Waals surface area contributed by atoms with E-state index in [0.717, 1.165) is 17.0 Å². The van der Waals surface area contributed by atoms with Crippen molar-refractivity contribution in [2.45, 2.75) is 13.8 Å². The van der Waals surface area contributed by atoms with Crippen molar-refractivity contribution in [2.24, 2.45) is 4.99 Å². The molecule has 2 aromatic rings. The number of aryl methyl sites for hydroxylation is 2. The number of halogens is 1. The highest BCUT2D eigenvalue weighted by atomic mass is 19.1. The van der Waals surface area contributed by atoms with E-state index < -0.39 is 5.82 Å². The van der Waals surface area contributed by atoms with Crippen molar-refractivity contribution in [1.82, 2.24) is 4.98 Å². The number of hydrogen-bond acceptors (Lipinski definition) is 3. The molecule has 0 aliphatic carbocycles. The fourth-order valence-electron chi connectivity index (χ4n) is 2.69. The molecule has 0 amide bonds. The molecule has 0 atom stereocenters. The van der Waals surface area contributed by atoms with Gasteiger partial charge in [0.15, 0.2) is 11.6 Å². The molecular formula is C19H19FN2O2. The molecule has 1 aromatic heterocycles. The highest BCUT2D eigenvalue weighted by Crippen LogP contribution is 2.27. The van der Waals surface area contributed by atoms with Crippen molar-refractivity contribution in [3.05, 3.63) is 70.1 Å². The van der Waals surface area contributed by atoms with Crippen LogP contribution < -0.4 is 4.74 Å². The van der Waals surface area contributed by atoms with Gasteiger partial charge >= 0.3 is 0 Å². The van der Waals surface area contributed by atoms with Gasteiger partial charge in [0.2, 0.25) is 0 Å². The van der Waals surface area contributed by atoms with Crippen molar-refractivity contribution in [1.29, 1.82) is 0 Å².